The molecule has 2 fully saturated rings. The minimum Gasteiger partial charge on any atom is -0.355 e. The molecule has 2 aliphatic heterocycles. The lowest BCUT2D eigenvalue weighted by molar-refractivity contribution is 0.0924. The quantitative estimate of drug-likeness (QED) is 0.744. The van der Waals surface area contributed by atoms with Crippen LogP contribution in [0.4, 0.5) is 5.82 Å². The number of carbonyl (C=O) groups is 1. The molecule has 0 aromatic carbocycles. The molecule has 132 valence electrons. The van der Waals surface area contributed by atoms with Crippen molar-refractivity contribution in [1.29, 1.82) is 0 Å². The highest BCUT2D eigenvalue weighted by molar-refractivity contribution is 5.92. The molecule has 0 saturated carbocycles. The van der Waals surface area contributed by atoms with Gasteiger partial charge in [-0.15, -0.1) is 0 Å². The molecule has 0 radical (unpaired) electrons. The Morgan fingerprint density at radius 1 is 1.42 bits per heavy atom. The predicted octanol–water partition coefficient (Wildman–Crippen LogP) is 0.524. The molecule has 0 spiro atoms. The van der Waals surface area contributed by atoms with Crippen LogP contribution < -0.4 is 21.3 Å². The van der Waals surface area contributed by atoms with Crippen LogP contribution in [0.15, 0.2) is 12.4 Å². The lowest BCUT2D eigenvalue weighted by atomic mass is 9.82. The second-order valence-corrected chi connectivity index (χ2v) is 7.30. The normalized spacial score (nSPS) is 25.5. The Morgan fingerprint density at radius 3 is 2.88 bits per heavy atom. The Bertz CT molecular complexity index is 557. The van der Waals surface area contributed by atoms with Crippen molar-refractivity contribution in [2.75, 3.05) is 37.6 Å². The summed E-state index contributed by atoms with van der Waals surface area (Å²) >= 11 is 0. The molecule has 1 amide bonds. The zero-order valence-electron chi connectivity index (χ0n) is 14.4. The van der Waals surface area contributed by atoms with E-state index in [4.69, 9.17) is 5.73 Å². The summed E-state index contributed by atoms with van der Waals surface area (Å²) in [7, 11) is 0. The highest BCUT2D eigenvalue weighted by Crippen LogP contribution is 2.30. The van der Waals surface area contributed by atoms with Gasteiger partial charge in [0.1, 0.15) is 11.5 Å². The number of nitrogens with zero attached hydrogens (tertiary/aromatic N) is 3. The van der Waals surface area contributed by atoms with Crippen molar-refractivity contribution >= 4 is 11.7 Å². The van der Waals surface area contributed by atoms with Crippen LogP contribution in [-0.2, 0) is 0 Å². The van der Waals surface area contributed by atoms with E-state index in [1.165, 1.54) is 0 Å². The fourth-order valence-electron chi connectivity index (χ4n) is 3.51. The molecule has 1 aromatic heterocycles. The van der Waals surface area contributed by atoms with Gasteiger partial charge in [0.2, 0.25) is 0 Å². The Hall–Kier alpha value is -1.73. The van der Waals surface area contributed by atoms with Crippen LogP contribution in [0.25, 0.3) is 0 Å². The molecule has 2 saturated heterocycles. The summed E-state index contributed by atoms with van der Waals surface area (Å²) in [5.74, 6) is 0.694. The van der Waals surface area contributed by atoms with Gasteiger partial charge >= 0.3 is 0 Å². The van der Waals surface area contributed by atoms with E-state index in [1.54, 1.807) is 12.4 Å². The second-order valence-electron chi connectivity index (χ2n) is 7.30. The number of amides is 1. The molecule has 7 heteroatoms. The number of anilines is 1. The highest BCUT2D eigenvalue weighted by Gasteiger charge is 2.30. The second kappa shape index (κ2) is 7.44. The van der Waals surface area contributed by atoms with Gasteiger partial charge in [0, 0.05) is 19.1 Å². The van der Waals surface area contributed by atoms with E-state index >= 15 is 0 Å². The molecule has 1 unspecified atom stereocenters. The molecular formula is C17H28N6O. The molecule has 3 heterocycles. The standard InChI is InChI=1S/C17H28N6O/c1-17(11-18)5-2-8-23(12-17)15-10-20-14(9-21-15)16(24)22-13-3-6-19-7-4-13/h9-10,13,19H,2-8,11-12,18H2,1H3,(H,22,24). The third-order valence-electron chi connectivity index (χ3n) is 5.14. The number of hydrogen-bond donors (Lipinski definition) is 3. The molecule has 2 aliphatic rings. The van der Waals surface area contributed by atoms with E-state index in [9.17, 15) is 4.79 Å². The fourth-order valence-corrected chi connectivity index (χ4v) is 3.51. The largest absolute Gasteiger partial charge is 0.355 e. The first-order valence-electron chi connectivity index (χ1n) is 8.88. The Morgan fingerprint density at radius 2 is 2.21 bits per heavy atom. The van der Waals surface area contributed by atoms with Crippen molar-refractivity contribution in [1.82, 2.24) is 20.6 Å². The zero-order valence-corrected chi connectivity index (χ0v) is 14.4. The van der Waals surface area contributed by atoms with Gasteiger partial charge in [-0.1, -0.05) is 6.92 Å². The third kappa shape index (κ3) is 4.02. The van der Waals surface area contributed by atoms with E-state index in [0.29, 0.717) is 12.2 Å². The number of rotatable bonds is 4. The van der Waals surface area contributed by atoms with Crippen molar-refractivity contribution in [2.24, 2.45) is 11.1 Å². The number of nitrogens with two attached hydrogens (primary N) is 1. The number of carbonyl (C=O) groups excluding carboxylic acids is 1. The average molecular weight is 332 g/mol. The van der Waals surface area contributed by atoms with E-state index in [2.05, 4.69) is 32.4 Å². The Kier molecular flexibility index (Phi) is 5.30. The zero-order chi connectivity index (χ0) is 17.0. The van der Waals surface area contributed by atoms with E-state index in [1.807, 2.05) is 0 Å². The van der Waals surface area contributed by atoms with Gasteiger partial charge in [0.05, 0.1) is 12.4 Å². The van der Waals surface area contributed by atoms with Gasteiger partial charge in [0.25, 0.3) is 5.91 Å². The highest BCUT2D eigenvalue weighted by atomic mass is 16.1. The van der Waals surface area contributed by atoms with Crippen LogP contribution >= 0.6 is 0 Å². The van der Waals surface area contributed by atoms with Crippen molar-refractivity contribution in [3.05, 3.63) is 18.1 Å². The molecular weight excluding hydrogens is 304 g/mol. The number of aromatic nitrogens is 2. The Labute approximate surface area is 143 Å². The van der Waals surface area contributed by atoms with Crippen molar-refractivity contribution in [3.8, 4) is 0 Å². The average Bonchev–Trinajstić information content (AvgIpc) is 2.63. The van der Waals surface area contributed by atoms with Gasteiger partial charge in [-0.3, -0.25) is 4.79 Å². The maximum Gasteiger partial charge on any atom is 0.271 e. The number of nitrogens with one attached hydrogen (secondary N) is 2. The van der Waals surface area contributed by atoms with E-state index in [-0.39, 0.29) is 17.4 Å². The maximum atomic E-state index is 12.3. The van der Waals surface area contributed by atoms with Crippen LogP contribution in [0.5, 0.6) is 0 Å². The predicted molar refractivity (Wildman–Crippen MR) is 94.0 cm³/mol. The SMILES string of the molecule is CC1(CN)CCCN(c2cnc(C(=O)NC3CCNCC3)cn2)C1. The maximum absolute atomic E-state index is 12.3. The summed E-state index contributed by atoms with van der Waals surface area (Å²) in [4.78, 5) is 23.3. The third-order valence-corrected chi connectivity index (χ3v) is 5.14. The van der Waals surface area contributed by atoms with Crippen LogP contribution in [0.1, 0.15) is 43.1 Å². The van der Waals surface area contributed by atoms with Gasteiger partial charge in [0.15, 0.2) is 0 Å². The van der Waals surface area contributed by atoms with Gasteiger partial charge in [-0.2, -0.15) is 0 Å². The number of piperidine rings is 2. The molecule has 1 atom stereocenters. The summed E-state index contributed by atoms with van der Waals surface area (Å²) < 4.78 is 0. The van der Waals surface area contributed by atoms with Gasteiger partial charge < -0.3 is 21.3 Å². The molecule has 4 N–H and O–H groups in total. The van der Waals surface area contributed by atoms with Crippen LogP contribution in [0.2, 0.25) is 0 Å². The van der Waals surface area contributed by atoms with E-state index in [0.717, 1.165) is 57.7 Å². The van der Waals surface area contributed by atoms with Crippen LogP contribution in [0.3, 0.4) is 0 Å². The first-order valence-corrected chi connectivity index (χ1v) is 8.88. The first kappa shape index (κ1) is 17.1. The van der Waals surface area contributed by atoms with Crippen molar-refractivity contribution in [2.45, 2.75) is 38.6 Å². The summed E-state index contributed by atoms with van der Waals surface area (Å²) in [6, 6.07) is 0.229. The lowest BCUT2D eigenvalue weighted by Gasteiger charge is -2.40. The Balaban J connectivity index is 1.61. The molecule has 1 aromatic rings. The van der Waals surface area contributed by atoms with Crippen molar-refractivity contribution < 1.29 is 4.79 Å². The fraction of sp³-hybridized carbons (Fsp3) is 0.706. The topological polar surface area (TPSA) is 96.2 Å². The summed E-state index contributed by atoms with van der Waals surface area (Å²) in [5, 5.41) is 6.33. The molecule has 24 heavy (non-hydrogen) atoms. The van der Waals surface area contributed by atoms with Gasteiger partial charge in [-0.05, 0) is 50.7 Å². The lowest BCUT2D eigenvalue weighted by Crippen LogP contribution is -2.46. The molecule has 3 rings (SSSR count). The van der Waals surface area contributed by atoms with E-state index < -0.39 is 0 Å². The summed E-state index contributed by atoms with van der Waals surface area (Å²) in [6.07, 6.45) is 7.46. The van der Waals surface area contributed by atoms with Crippen LogP contribution in [-0.4, -0.2) is 54.6 Å². The minimum atomic E-state index is -0.133. The molecule has 7 nitrogen and oxygen atoms in total. The smallest absolute Gasteiger partial charge is 0.271 e. The first-order chi connectivity index (χ1) is 11.6. The minimum absolute atomic E-state index is 0.130. The summed E-state index contributed by atoms with van der Waals surface area (Å²) in [6.45, 7) is 6.64. The number of hydrogen-bond acceptors (Lipinski definition) is 6. The van der Waals surface area contributed by atoms with Gasteiger partial charge in [-0.25, -0.2) is 9.97 Å². The van der Waals surface area contributed by atoms with Crippen molar-refractivity contribution in [3.63, 3.8) is 0 Å². The molecule has 0 bridgehead atoms. The molecule has 0 aliphatic carbocycles. The monoisotopic (exact) mass is 332 g/mol. The summed E-state index contributed by atoms with van der Waals surface area (Å²) in [5.41, 5.74) is 6.43. The van der Waals surface area contributed by atoms with Crippen LogP contribution in [0, 0.1) is 5.41 Å².